The monoisotopic (exact) mass is 304 g/mol. The maximum Gasteiger partial charge on any atom is 0.305 e. The first-order valence-corrected chi connectivity index (χ1v) is 6.50. The van der Waals surface area contributed by atoms with E-state index in [0.29, 0.717) is 25.5 Å². The minimum absolute atomic E-state index is 0.157. The van der Waals surface area contributed by atoms with Gasteiger partial charge in [-0.15, -0.1) is 11.6 Å². The van der Waals surface area contributed by atoms with Gasteiger partial charge >= 0.3 is 5.69 Å². The quantitative estimate of drug-likeness (QED) is 0.490. The summed E-state index contributed by atoms with van der Waals surface area (Å²) in [6, 6.07) is 1.12. The second-order valence-electron chi connectivity index (χ2n) is 4.46. The molecule has 5 nitrogen and oxygen atoms in total. The van der Waals surface area contributed by atoms with Crippen LogP contribution in [0.5, 0.6) is 0 Å². The summed E-state index contributed by atoms with van der Waals surface area (Å²) in [6.07, 6.45) is 1.33. The number of nitro groups is 1. The molecule has 0 N–H and O–H groups in total. The van der Waals surface area contributed by atoms with E-state index < -0.39 is 33.7 Å². The number of likely N-dealkylation sites (tertiary alicyclic amines) is 1. The molecule has 0 saturated carbocycles. The standard InChI is InChI=1S/C12H11ClF2N2O3/c13-6-7-2-1-5-16(7)12(18)10-8(14)3-4-9(11(10)15)17(19)20/h3-4,7H,1-2,5-6H2. The van der Waals surface area contributed by atoms with Crippen molar-refractivity contribution in [3.63, 3.8) is 0 Å². The molecule has 0 radical (unpaired) electrons. The molecule has 0 spiro atoms. The van der Waals surface area contributed by atoms with E-state index in [9.17, 15) is 23.7 Å². The summed E-state index contributed by atoms with van der Waals surface area (Å²) in [7, 11) is 0. The van der Waals surface area contributed by atoms with Crippen LogP contribution in [0.25, 0.3) is 0 Å². The van der Waals surface area contributed by atoms with Gasteiger partial charge in [0.05, 0.1) is 4.92 Å². The van der Waals surface area contributed by atoms with Crippen molar-refractivity contribution in [3.8, 4) is 0 Å². The van der Waals surface area contributed by atoms with E-state index in [1.165, 1.54) is 4.90 Å². The van der Waals surface area contributed by atoms with Gasteiger partial charge in [-0.2, -0.15) is 4.39 Å². The maximum absolute atomic E-state index is 14.0. The summed E-state index contributed by atoms with van der Waals surface area (Å²) in [6.45, 7) is 0.331. The highest BCUT2D eigenvalue weighted by atomic mass is 35.5. The Morgan fingerprint density at radius 3 is 2.80 bits per heavy atom. The zero-order valence-corrected chi connectivity index (χ0v) is 11.1. The maximum atomic E-state index is 14.0. The lowest BCUT2D eigenvalue weighted by molar-refractivity contribution is -0.387. The lowest BCUT2D eigenvalue weighted by Crippen LogP contribution is -2.37. The highest BCUT2D eigenvalue weighted by Gasteiger charge is 2.34. The zero-order chi connectivity index (χ0) is 14.9. The average molecular weight is 305 g/mol. The fourth-order valence-corrected chi connectivity index (χ4v) is 2.61. The van der Waals surface area contributed by atoms with Crippen LogP contribution in [0.1, 0.15) is 23.2 Å². The van der Waals surface area contributed by atoms with E-state index in [0.717, 1.165) is 6.07 Å². The molecule has 1 aliphatic rings. The molecule has 1 fully saturated rings. The van der Waals surface area contributed by atoms with Crippen LogP contribution in [0, 0.1) is 21.7 Å². The molecule has 1 amide bonds. The van der Waals surface area contributed by atoms with Crippen molar-refractivity contribution in [1.82, 2.24) is 4.90 Å². The third-order valence-electron chi connectivity index (χ3n) is 3.30. The van der Waals surface area contributed by atoms with E-state index >= 15 is 0 Å². The molecule has 20 heavy (non-hydrogen) atoms. The van der Waals surface area contributed by atoms with E-state index in [4.69, 9.17) is 11.6 Å². The first kappa shape index (κ1) is 14.6. The molecule has 1 atom stereocenters. The Kier molecular flexibility index (Phi) is 4.17. The molecular weight excluding hydrogens is 294 g/mol. The second-order valence-corrected chi connectivity index (χ2v) is 4.77. The molecule has 108 valence electrons. The summed E-state index contributed by atoms with van der Waals surface area (Å²) < 4.78 is 27.6. The van der Waals surface area contributed by atoms with Gasteiger partial charge in [-0.05, 0) is 18.9 Å². The van der Waals surface area contributed by atoms with Crippen LogP contribution in [0.3, 0.4) is 0 Å². The van der Waals surface area contributed by atoms with Gasteiger partial charge in [0.2, 0.25) is 5.82 Å². The number of carbonyl (C=O) groups excluding carboxylic acids is 1. The van der Waals surface area contributed by atoms with Crippen molar-refractivity contribution in [3.05, 3.63) is 39.4 Å². The Hall–Kier alpha value is -1.76. The number of nitrogens with zero attached hydrogens (tertiary/aromatic N) is 2. The third-order valence-corrected chi connectivity index (χ3v) is 3.65. The Balaban J connectivity index is 2.44. The predicted octanol–water partition coefficient (Wildman–Crippen LogP) is 2.72. The summed E-state index contributed by atoms with van der Waals surface area (Å²) >= 11 is 5.71. The summed E-state index contributed by atoms with van der Waals surface area (Å²) in [5.41, 5.74) is -1.81. The molecule has 0 aliphatic carbocycles. The van der Waals surface area contributed by atoms with Crippen molar-refractivity contribution >= 4 is 23.2 Å². The SMILES string of the molecule is O=C(c1c(F)ccc([N+](=O)[O-])c1F)N1CCCC1CCl. The van der Waals surface area contributed by atoms with Gasteiger partial charge in [-0.3, -0.25) is 14.9 Å². The highest BCUT2D eigenvalue weighted by molar-refractivity contribution is 6.18. The van der Waals surface area contributed by atoms with Crippen LogP contribution < -0.4 is 0 Å². The second kappa shape index (κ2) is 5.70. The number of hydrogen-bond acceptors (Lipinski definition) is 3. The lowest BCUT2D eigenvalue weighted by Gasteiger charge is -2.23. The molecule has 2 rings (SSSR count). The average Bonchev–Trinajstić information content (AvgIpc) is 2.86. The minimum Gasteiger partial charge on any atom is -0.334 e. The zero-order valence-electron chi connectivity index (χ0n) is 10.3. The van der Waals surface area contributed by atoms with Crippen LogP contribution in [0.15, 0.2) is 12.1 Å². The molecular formula is C12H11ClF2N2O3. The number of benzene rings is 1. The van der Waals surface area contributed by atoms with Crippen molar-refractivity contribution in [2.24, 2.45) is 0 Å². The molecule has 0 aromatic heterocycles. The van der Waals surface area contributed by atoms with Crippen molar-refractivity contribution in [2.45, 2.75) is 18.9 Å². The van der Waals surface area contributed by atoms with E-state index in [1.54, 1.807) is 0 Å². The lowest BCUT2D eigenvalue weighted by atomic mass is 10.1. The smallest absolute Gasteiger partial charge is 0.305 e. The van der Waals surface area contributed by atoms with Gasteiger partial charge in [-0.1, -0.05) is 0 Å². The number of halogens is 3. The Bertz CT molecular complexity index is 568. The van der Waals surface area contributed by atoms with Gasteiger partial charge in [0.15, 0.2) is 0 Å². The Morgan fingerprint density at radius 1 is 1.50 bits per heavy atom. The van der Waals surface area contributed by atoms with Crippen LogP contribution in [0.4, 0.5) is 14.5 Å². The Morgan fingerprint density at radius 2 is 2.20 bits per heavy atom. The third kappa shape index (κ3) is 2.45. The molecule has 1 saturated heterocycles. The molecule has 1 aliphatic heterocycles. The molecule has 1 aromatic carbocycles. The highest BCUT2D eigenvalue weighted by Crippen LogP contribution is 2.27. The fourth-order valence-electron chi connectivity index (χ4n) is 2.29. The number of alkyl halides is 1. The van der Waals surface area contributed by atoms with Crippen LogP contribution in [-0.2, 0) is 0 Å². The van der Waals surface area contributed by atoms with Gasteiger partial charge in [0.1, 0.15) is 11.4 Å². The number of nitro benzene ring substituents is 1. The molecule has 1 heterocycles. The normalized spacial score (nSPS) is 18.4. The number of carbonyl (C=O) groups is 1. The Labute approximate surface area is 118 Å². The number of hydrogen-bond donors (Lipinski definition) is 0. The van der Waals surface area contributed by atoms with Crippen LogP contribution in [0.2, 0.25) is 0 Å². The molecule has 8 heteroatoms. The first-order chi connectivity index (χ1) is 9.47. The van der Waals surface area contributed by atoms with Crippen LogP contribution >= 0.6 is 11.6 Å². The van der Waals surface area contributed by atoms with Crippen molar-refractivity contribution in [2.75, 3.05) is 12.4 Å². The van der Waals surface area contributed by atoms with Gasteiger partial charge < -0.3 is 4.90 Å². The van der Waals surface area contributed by atoms with Gasteiger partial charge in [-0.25, -0.2) is 4.39 Å². The molecule has 1 unspecified atom stereocenters. The summed E-state index contributed by atoms with van der Waals surface area (Å²) in [5.74, 6) is -3.30. The fraction of sp³-hybridized carbons (Fsp3) is 0.417. The van der Waals surface area contributed by atoms with Crippen molar-refractivity contribution in [1.29, 1.82) is 0 Å². The number of rotatable bonds is 3. The largest absolute Gasteiger partial charge is 0.334 e. The molecule has 0 bridgehead atoms. The van der Waals surface area contributed by atoms with Gasteiger partial charge in [0, 0.05) is 24.5 Å². The van der Waals surface area contributed by atoms with E-state index in [-0.39, 0.29) is 11.9 Å². The first-order valence-electron chi connectivity index (χ1n) is 5.96. The topological polar surface area (TPSA) is 63.4 Å². The summed E-state index contributed by atoms with van der Waals surface area (Å²) in [4.78, 5) is 23.1. The van der Waals surface area contributed by atoms with Crippen molar-refractivity contribution < 1.29 is 18.5 Å². The minimum atomic E-state index is -1.44. The van der Waals surface area contributed by atoms with E-state index in [1.807, 2.05) is 0 Å². The summed E-state index contributed by atoms with van der Waals surface area (Å²) in [5, 5.41) is 10.6. The molecule has 1 aromatic rings. The van der Waals surface area contributed by atoms with E-state index in [2.05, 4.69) is 0 Å². The van der Waals surface area contributed by atoms with Crippen LogP contribution in [-0.4, -0.2) is 34.2 Å². The predicted molar refractivity (Wildman–Crippen MR) is 67.8 cm³/mol. The van der Waals surface area contributed by atoms with Gasteiger partial charge in [0.25, 0.3) is 5.91 Å². The number of amides is 1.